The highest BCUT2D eigenvalue weighted by Crippen LogP contribution is 2.58. The number of nitrogens with one attached hydrogen (secondary N) is 2. The molecular formula is C34H39N5O8. The highest BCUT2D eigenvalue weighted by molar-refractivity contribution is 5.85. The number of hydrogen-bond donors (Lipinski definition) is 3. The molecule has 2 aromatic rings. The molecule has 6 atom stereocenters. The molecule has 1 saturated heterocycles. The van der Waals surface area contributed by atoms with Crippen molar-refractivity contribution in [3.63, 3.8) is 0 Å². The Morgan fingerprint density at radius 2 is 1.77 bits per heavy atom. The summed E-state index contributed by atoms with van der Waals surface area (Å²) in [5, 5.41) is 28.1. The van der Waals surface area contributed by atoms with Crippen LogP contribution >= 0.6 is 0 Å². The van der Waals surface area contributed by atoms with E-state index in [1.807, 2.05) is 20.9 Å². The largest absolute Gasteiger partial charge is 0.504 e. The number of nitrogens with zero attached hydrogens (tertiary/aromatic N) is 3. The van der Waals surface area contributed by atoms with Crippen molar-refractivity contribution in [1.82, 2.24) is 20.4 Å². The standard InChI is InChI=1S/C34H39N5O8/c1-16-10-19-11-21-23(13-35)39-22(27(38(21)4)25(19)28(40)29(16)43-5)12-20-26-24(39)14-36-33(41)18(3)37-34(42)45-9-7-6-8-44-30(20)17(2)31-32(26)47-15-46-31/h6-7,10,18,21-24,27,40H,8-9,11-12,14-15H2,1-5H3,(H,36,41)(H,37,42)/b7-6+/t18-,21-,22-,23-,24?,27-/m0/s1. The number of hydrogen-bond acceptors (Lipinski definition) is 11. The Hall–Kier alpha value is -4.67. The van der Waals surface area contributed by atoms with Crippen LogP contribution in [0.15, 0.2) is 18.2 Å². The molecule has 13 heteroatoms. The van der Waals surface area contributed by atoms with E-state index in [1.54, 1.807) is 26.2 Å². The Morgan fingerprint density at radius 3 is 2.51 bits per heavy atom. The molecule has 0 aromatic heterocycles. The van der Waals surface area contributed by atoms with Gasteiger partial charge in [0.15, 0.2) is 23.0 Å². The number of cyclic esters (lactones) is 1. The third kappa shape index (κ3) is 4.81. The quantitative estimate of drug-likeness (QED) is 0.392. The number of ether oxygens (including phenoxy) is 5. The van der Waals surface area contributed by atoms with Crippen LogP contribution in [0.2, 0.25) is 0 Å². The van der Waals surface area contributed by atoms with Crippen LogP contribution in [0.5, 0.6) is 28.7 Å². The summed E-state index contributed by atoms with van der Waals surface area (Å²) in [6.07, 6.45) is 3.76. The molecule has 248 valence electrons. The zero-order valence-corrected chi connectivity index (χ0v) is 27.1. The molecule has 0 aliphatic carbocycles. The summed E-state index contributed by atoms with van der Waals surface area (Å²) in [6, 6.07) is 1.86. The molecule has 1 fully saturated rings. The van der Waals surface area contributed by atoms with Crippen molar-refractivity contribution in [1.29, 1.82) is 5.26 Å². The second-order valence-corrected chi connectivity index (χ2v) is 12.7. The number of aryl methyl sites for hydroxylation is 1. The van der Waals surface area contributed by atoms with Crippen LogP contribution < -0.4 is 29.6 Å². The van der Waals surface area contributed by atoms with E-state index in [0.29, 0.717) is 35.8 Å². The van der Waals surface area contributed by atoms with E-state index in [9.17, 15) is 20.0 Å². The molecule has 6 bridgehead atoms. The molecule has 3 N–H and O–H groups in total. The highest BCUT2D eigenvalue weighted by Gasteiger charge is 2.56. The predicted molar refractivity (Wildman–Crippen MR) is 168 cm³/mol. The molecule has 2 amide bonds. The van der Waals surface area contributed by atoms with Gasteiger partial charge in [0.25, 0.3) is 0 Å². The lowest BCUT2D eigenvalue weighted by Gasteiger charge is -2.60. The molecule has 2 aromatic carbocycles. The fourth-order valence-corrected chi connectivity index (χ4v) is 8.25. The smallest absolute Gasteiger partial charge is 0.408 e. The van der Waals surface area contributed by atoms with Gasteiger partial charge < -0.3 is 39.4 Å². The van der Waals surface area contributed by atoms with Gasteiger partial charge >= 0.3 is 6.09 Å². The average molecular weight is 646 g/mol. The van der Waals surface area contributed by atoms with Gasteiger partial charge in [0, 0.05) is 40.9 Å². The van der Waals surface area contributed by atoms with Gasteiger partial charge in [0.1, 0.15) is 31.0 Å². The van der Waals surface area contributed by atoms with Crippen molar-refractivity contribution in [2.45, 2.75) is 69.9 Å². The minimum Gasteiger partial charge on any atom is -0.504 e. The molecule has 5 heterocycles. The number of aromatic hydroxyl groups is 1. The van der Waals surface area contributed by atoms with Gasteiger partial charge in [0.2, 0.25) is 12.7 Å². The molecule has 5 aliphatic heterocycles. The average Bonchev–Trinajstić information content (AvgIpc) is 3.53. The first kappa shape index (κ1) is 31.0. The normalized spacial score (nSPS) is 29.2. The highest BCUT2D eigenvalue weighted by atomic mass is 16.7. The number of fused-ring (bicyclic) bond motifs is 8. The Kier molecular flexibility index (Phi) is 7.80. The first-order valence-corrected chi connectivity index (χ1v) is 15.9. The first-order chi connectivity index (χ1) is 22.7. The molecule has 7 rings (SSSR count). The number of nitriles is 1. The predicted octanol–water partition coefficient (Wildman–Crippen LogP) is 2.70. The number of likely N-dealkylation sites (N-methyl/N-ethyl adjacent to an activating group) is 1. The summed E-state index contributed by atoms with van der Waals surface area (Å²) in [6.45, 7) is 5.79. The van der Waals surface area contributed by atoms with E-state index in [1.165, 1.54) is 0 Å². The number of rotatable bonds is 1. The molecule has 1 unspecified atom stereocenters. The number of alkyl carbamates (subject to hydrolysis) is 1. The molecule has 5 aliphatic rings. The number of amides is 2. The summed E-state index contributed by atoms with van der Waals surface area (Å²) in [5.41, 5.74) is 5.10. The molecule has 0 radical (unpaired) electrons. The third-order valence-electron chi connectivity index (χ3n) is 10.3. The Bertz CT molecular complexity index is 1720. The minimum atomic E-state index is -0.876. The Morgan fingerprint density at radius 1 is 1.02 bits per heavy atom. The summed E-state index contributed by atoms with van der Waals surface area (Å²) in [7, 11) is 3.56. The molecule has 47 heavy (non-hydrogen) atoms. The number of benzene rings is 2. The maximum absolute atomic E-state index is 13.4. The second kappa shape index (κ2) is 11.8. The summed E-state index contributed by atoms with van der Waals surface area (Å²) < 4.78 is 29.4. The SMILES string of the molecule is COc1c(C)cc2c(c1O)[C@@H]1[C@@H]3Cc4c5c(C)c6c(c4C(CNC(=O)[C@H](C)NC(=O)OC/C=C/CO5)N3[C@@H](C#N)[C@H](C2)N1C)OCO6. The Balaban J connectivity index is 1.44. The van der Waals surface area contributed by atoms with E-state index >= 15 is 0 Å². The van der Waals surface area contributed by atoms with E-state index in [2.05, 4.69) is 32.6 Å². The van der Waals surface area contributed by atoms with Crippen LogP contribution in [0.3, 0.4) is 0 Å². The lowest BCUT2D eigenvalue weighted by atomic mass is 9.71. The monoisotopic (exact) mass is 645 g/mol. The van der Waals surface area contributed by atoms with Crippen LogP contribution in [-0.4, -0.2) is 91.8 Å². The van der Waals surface area contributed by atoms with E-state index in [0.717, 1.165) is 33.4 Å². The van der Waals surface area contributed by atoms with Crippen LogP contribution in [0.1, 0.15) is 52.4 Å². The summed E-state index contributed by atoms with van der Waals surface area (Å²) >= 11 is 0. The number of carbonyl (C=O) groups is 2. The zero-order valence-electron chi connectivity index (χ0n) is 27.1. The number of carbonyl (C=O) groups excluding carboxylic acids is 2. The lowest BCUT2D eigenvalue weighted by molar-refractivity contribution is -0.123. The van der Waals surface area contributed by atoms with E-state index in [4.69, 9.17) is 23.7 Å². The maximum Gasteiger partial charge on any atom is 0.408 e. The van der Waals surface area contributed by atoms with Crippen LogP contribution in [-0.2, 0) is 22.4 Å². The van der Waals surface area contributed by atoms with Gasteiger partial charge in [-0.25, -0.2) is 4.79 Å². The van der Waals surface area contributed by atoms with Crippen molar-refractivity contribution in [2.75, 3.05) is 40.7 Å². The fraction of sp³-hybridized carbons (Fsp3) is 0.500. The first-order valence-electron chi connectivity index (χ1n) is 15.9. The molecular weight excluding hydrogens is 606 g/mol. The van der Waals surface area contributed by atoms with E-state index < -0.39 is 30.1 Å². The van der Waals surface area contributed by atoms with E-state index in [-0.39, 0.29) is 50.4 Å². The minimum absolute atomic E-state index is 0.0113. The van der Waals surface area contributed by atoms with Gasteiger partial charge in [-0.1, -0.05) is 6.07 Å². The maximum atomic E-state index is 13.4. The lowest BCUT2D eigenvalue weighted by Crippen LogP contribution is -2.69. The number of methoxy groups -OCH3 is 1. The number of phenolic OH excluding ortho intramolecular Hbond substituents is 1. The van der Waals surface area contributed by atoms with Crippen LogP contribution in [0.4, 0.5) is 4.79 Å². The molecule has 0 spiro atoms. The molecule has 0 saturated carbocycles. The van der Waals surface area contributed by atoms with Crippen molar-refractivity contribution in [2.24, 2.45) is 0 Å². The van der Waals surface area contributed by atoms with Gasteiger partial charge in [-0.15, -0.1) is 0 Å². The Labute approximate surface area is 272 Å². The van der Waals surface area contributed by atoms with Crippen LogP contribution in [0, 0.1) is 25.2 Å². The van der Waals surface area contributed by atoms with Crippen molar-refractivity contribution in [3.8, 4) is 34.8 Å². The molecule has 13 nitrogen and oxygen atoms in total. The van der Waals surface area contributed by atoms with Crippen LogP contribution in [0.25, 0.3) is 0 Å². The number of piperazine rings is 1. The van der Waals surface area contributed by atoms with Crippen molar-refractivity contribution >= 4 is 12.0 Å². The van der Waals surface area contributed by atoms with Crippen molar-refractivity contribution in [3.05, 3.63) is 51.6 Å². The van der Waals surface area contributed by atoms with Gasteiger partial charge in [-0.3, -0.25) is 14.6 Å². The topological polar surface area (TPSA) is 155 Å². The van der Waals surface area contributed by atoms with Gasteiger partial charge in [-0.05, 0) is 63.9 Å². The van der Waals surface area contributed by atoms with Gasteiger partial charge in [-0.2, -0.15) is 5.26 Å². The van der Waals surface area contributed by atoms with Crippen molar-refractivity contribution < 1.29 is 38.4 Å². The number of phenols is 1. The summed E-state index contributed by atoms with van der Waals surface area (Å²) in [4.78, 5) is 30.1. The third-order valence-corrected chi connectivity index (χ3v) is 10.3. The fourth-order valence-electron chi connectivity index (χ4n) is 8.25. The second-order valence-electron chi connectivity index (χ2n) is 12.7. The summed E-state index contributed by atoms with van der Waals surface area (Å²) in [5.74, 6) is 1.93. The zero-order chi connectivity index (χ0) is 33.1. The van der Waals surface area contributed by atoms with Gasteiger partial charge in [0.05, 0.1) is 25.3 Å².